The maximum absolute atomic E-state index is 2.45. The molecule has 1 aliphatic heterocycles. The van der Waals surface area contributed by atoms with Crippen molar-refractivity contribution in [3.05, 3.63) is 39.6 Å². The Labute approximate surface area is 105 Å². The van der Waals surface area contributed by atoms with Crippen LogP contribution in [0.15, 0.2) is 39.6 Å². The SMILES string of the molecule is CC1=C(I)N(c2ccccc2)CC1(C)C. The van der Waals surface area contributed by atoms with Crippen LogP contribution in [0.4, 0.5) is 5.69 Å². The molecule has 0 aromatic heterocycles. The third-order valence-electron chi connectivity index (χ3n) is 3.18. The number of anilines is 1. The molecule has 0 bridgehead atoms. The molecule has 0 spiro atoms. The fourth-order valence-electron chi connectivity index (χ4n) is 1.88. The van der Waals surface area contributed by atoms with E-state index in [9.17, 15) is 0 Å². The Morgan fingerprint density at radius 2 is 1.80 bits per heavy atom. The molecule has 80 valence electrons. The lowest BCUT2D eigenvalue weighted by molar-refractivity contribution is 0.485. The molecule has 2 rings (SSSR count). The average molecular weight is 313 g/mol. The maximum atomic E-state index is 2.45. The maximum Gasteiger partial charge on any atom is 0.0797 e. The third-order valence-corrected chi connectivity index (χ3v) is 4.57. The van der Waals surface area contributed by atoms with Crippen molar-refractivity contribution in [2.45, 2.75) is 20.8 Å². The average Bonchev–Trinajstić information content (AvgIpc) is 2.44. The molecule has 0 N–H and O–H groups in total. The third kappa shape index (κ3) is 1.92. The van der Waals surface area contributed by atoms with E-state index in [-0.39, 0.29) is 0 Å². The van der Waals surface area contributed by atoms with E-state index in [0.717, 1.165) is 6.54 Å². The number of halogens is 1. The summed E-state index contributed by atoms with van der Waals surface area (Å²) < 4.78 is 1.38. The molecule has 0 radical (unpaired) electrons. The molecule has 0 amide bonds. The molecule has 0 fully saturated rings. The highest BCUT2D eigenvalue weighted by Crippen LogP contribution is 2.42. The number of hydrogen-bond donors (Lipinski definition) is 0. The molecule has 2 heteroatoms. The van der Waals surface area contributed by atoms with Crippen molar-refractivity contribution in [3.8, 4) is 0 Å². The molecule has 1 aliphatic rings. The van der Waals surface area contributed by atoms with E-state index in [0.29, 0.717) is 5.41 Å². The fourth-order valence-corrected chi connectivity index (χ4v) is 3.06. The molecule has 1 nitrogen and oxygen atoms in total. The highest BCUT2D eigenvalue weighted by Gasteiger charge is 2.34. The largest absolute Gasteiger partial charge is 0.336 e. The van der Waals surface area contributed by atoms with Gasteiger partial charge in [-0.25, -0.2) is 0 Å². The second-order valence-electron chi connectivity index (χ2n) is 4.72. The van der Waals surface area contributed by atoms with Crippen LogP contribution in [0.5, 0.6) is 0 Å². The topological polar surface area (TPSA) is 3.24 Å². The zero-order chi connectivity index (χ0) is 11.1. The predicted octanol–water partition coefficient (Wildman–Crippen LogP) is 4.20. The Morgan fingerprint density at radius 1 is 1.20 bits per heavy atom. The smallest absolute Gasteiger partial charge is 0.0797 e. The van der Waals surface area contributed by atoms with E-state index in [1.807, 2.05) is 0 Å². The second-order valence-corrected chi connectivity index (χ2v) is 5.74. The van der Waals surface area contributed by atoms with E-state index in [2.05, 4.69) is 78.6 Å². The van der Waals surface area contributed by atoms with Crippen molar-refractivity contribution in [2.24, 2.45) is 5.41 Å². The van der Waals surface area contributed by atoms with Gasteiger partial charge in [-0.1, -0.05) is 32.0 Å². The monoisotopic (exact) mass is 313 g/mol. The van der Waals surface area contributed by atoms with Crippen LogP contribution in [0.1, 0.15) is 20.8 Å². The van der Waals surface area contributed by atoms with Crippen molar-refractivity contribution < 1.29 is 0 Å². The van der Waals surface area contributed by atoms with Gasteiger partial charge < -0.3 is 4.90 Å². The Balaban J connectivity index is 2.37. The van der Waals surface area contributed by atoms with Crippen molar-refractivity contribution in [3.63, 3.8) is 0 Å². The molecule has 0 saturated carbocycles. The zero-order valence-corrected chi connectivity index (χ0v) is 11.6. The highest BCUT2D eigenvalue weighted by molar-refractivity contribution is 14.1. The first-order valence-electron chi connectivity index (χ1n) is 5.22. The van der Waals surface area contributed by atoms with Crippen molar-refractivity contribution in [1.29, 1.82) is 0 Å². The summed E-state index contributed by atoms with van der Waals surface area (Å²) in [6.45, 7) is 7.94. The van der Waals surface area contributed by atoms with Crippen LogP contribution in [0.3, 0.4) is 0 Å². The molecule has 0 saturated heterocycles. The molecule has 1 aromatic carbocycles. The fraction of sp³-hybridized carbons (Fsp3) is 0.385. The lowest BCUT2D eigenvalue weighted by Crippen LogP contribution is -2.24. The summed E-state index contributed by atoms with van der Waals surface area (Å²) in [7, 11) is 0. The molecule has 0 atom stereocenters. The van der Waals surface area contributed by atoms with Gasteiger partial charge in [0.25, 0.3) is 0 Å². The molecule has 1 aromatic rings. The summed E-state index contributed by atoms with van der Waals surface area (Å²) in [5, 5.41) is 0. The van der Waals surface area contributed by atoms with Gasteiger partial charge in [-0.05, 0) is 47.2 Å². The van der Waals surface area contributed by atoms with E-state index in [1.54, 1.807) is 0 Å². The van der Waals surface area contributed by atoms with Crippen LogP contribution in [-0.2, 0) is 0 Å². The van der Waals surface area contributed by atoms with E-state index < -0.39 is 0 Å². The summed E-state index contributed by atoms with van der Waals surface area (Å²) in [5.41, 5.74) is 3.09. The molecule has 0 unspecified atom stereocenters. The Hall–Kier alpha value is -0.510. The molecule has 0 aliphatic carbocycles. The van der Waals surface area contributed by atoms with Gasteiger partial charge in [0.2, 0.25) is 0 Å². The lowest BCUT2D eigenvalue weighted by atomic mass is 9.88. The Kier molecular flexibility index (Phi) is 2.79. The summed E-state index contributed by atoms with van der Waals surface area (Å²) >= 11 is 2.45. The number of benzene rings is 1. The summed E-state index contributed by atoms with van der Waals surface area (Å²) in [5.74, 6) is 0. The van der Waals surface area contributed by atoms with Gasteiger partial charge in [-0.15, -0.1) is 0 Å². The zero-order valence-electron chi connectivity index (χ0n) is 9.42. The van der Waals surface area contributed by atoms with Gasteiger partial charge in [0.15, 0.2) is 0 Å². The standard InChI is InChI=1S/C13H16IN/c1-10-12(14)15(9-13(10,2)3)11-7-5-4-6-8-11/h4-8H,9H2,1-3H3. The van der Waals surface area contributed by atoms with Crippen LogP contribution in [0.2, 0.25) is 0 Å². The van der Waals surface area contributed by atoms with Crippen LogP contribution in [-0.4, -0.2) is 6.54 Å². The van der Waals surface area contributed by atoms with Gasteiger partial charge in [-0.2, -0.15) is 0 Å². The Bertz CT molecular complexity index is 392. The first-order chi connectivity index (χ1) is 7.02. The van der Waals surface area contributed by atoms with Crippen molar-refractivity contribution >= 4 is 28.3 Å². The normalized spacial score (nSPS) is 19.9. The van der Waals surface area contributed by atoms with Crippen LogP contribution < -0.4 is 4.90 Å². The number of hydrogen-bond acceptors (Lipinski definition) is 1. The summed E-state index contributed by atoms with van der Waals surface area (Å²) in [6, 6.07) is 10.6. The summed E-state index contributed by atoms with van der Waals surface area (Å²) in [6.07, 6.45) is 0. The first kappa shape index (κ1) is 11.0. The van der Waals surface area contributed by atoms with Crippen LogP contribution >= 0.6 is 22.6 Å². The van der Waals surface area contributed by atoms with E-state index in [1.165, 1.54) is 15.0 Å². The molecule has 1 heterocycles. The molecular formula is C13H16IN. The number of nitrogens with zero attached hydrogens (tertiary/aromatic N) is 1. The second kappa shape index (κ2) is 3.81. The molecular weight excluding hydrogens is 297 g/mol. The number of para-hydroxylation sites is 1. The van der Waals surface area contributed by atoms with Crippen molar-refractivity contribution in [2.75, 3.05) is 11.4 Å². The minimum atomic E-state index is 0.298. The van der Waals surface area contributed by atoms with Gasteiger partial charge in [0.05, 0.1) is 3.70 Å². The summed E-state index contributed by atoms with van der Waals surface area (Å²) in [4.78, 5) is 2.40. The van der Waals surface area contributed by atoms with Gasteiger partial charge in [0, 0.05) is 17.6 Å². The first-order valence-corrected chi connectivity index (χ1v) is 6.30. The molecule has 15 heavy (non-hydrogen) atoms. The van der Waals surface area contributed by atoms with Crippen molar-refractivity contribution in [1.82, 2.24) is 0 Å². The van der Waals surface area contributed by atoms with Gasteiger partial charge in [-0.3, -0.25) is 0 Å². The minimum Gasteiger partial charge on any atom is -0.336 e. The van der Waals surface area contributed by atoms with E-state index >= 15 is 0 Å². The van der Waals surface area contributed by atoms with Crippen LogP contribution in [0.25, 0.3) is 0 Å². The predicted molar refractivity (Wildman–Crippen MR) is 74.3 cm³/mol. The Morgan fingerprint density at radius 3 is 2.27 bits per heavy atom. The lowest BCUT2D eigenvalue weighted by Gasteiger charge is -2.23. The number of rotatable bonds is 1. The van der Waals surface area contributed by atoms with Gasteiger partial charge >= 0.3 is 0 Å². The van der Waals surface area contributed by atoms with Gasteiger partial charge in [0.1, 0.15) is 0 Å². The van der Waals surface area contributed by atoms with Crippen LogP contribution in [0, 0.1) is 5.41 Å². The minimum absolute atomic E-state index is 0.298. The quantitative estimate of drug-likeness (QED) is 0.555. The highest BCUT2D eigenvalue weighted by atomic mass is 127. The van der Waals surface area contributed by atoms with E-state index in [4.69, 9.17) is 0 Å².